The molecule has 29 heavy (non-hydrogen) atoms. The number of carbonyl (C=O) groups is 1. The van der Waals surface area contributed by atoms with Gasteiger partial charge in [-0.25, -0.2) is 0 Å². The first-order valence-corrected chi connectivity index (χ1v) is 10.4. The lowest BCUT2D eigenvalue weighted by atomic mass is 10.1. The summed E-state index contributed by atoms with van der Waals surface area (Å²) >= 11 is 0. The predicted molar refractivity (Wildman–Crippen MR) is 122 cm³/mol. The topological polar surface area (TPSA) is 32.8 Å². The lowest BCUT2D eigenvalue weighted by molar-refractivity contribution is 0.0993. The minimum atomic E-state index is -0.0163. The van der Waals surface area contributed by atoms with Gasteiger partial charge in [0.1, 0.15) is 5.75 Å². The van der Waals surface area contributed by atoms with Crippen LogP contribution >= 0.6 is 0 Å². The lowest BCUT2D eigenvalue weighted by Gasteiger charge is -2.18. The Morgan fingerprint density at radius 2 is 1.62 bits per heavy atom. The molecule has 0 aromatic heterocycles. The van der Waals surface area contributed by atoms with Gasteiger partial charge >= 0.3 is 0 Å². The van der Waals surface area contributed by atoms with Crippen LogP contribution in [0.5, 0.6) is 5.75 Å². The van der Waals surface area contributed by atoms with E-state index in [1.807, 2.05) is 61.5 Å². The minimum Gasteiger partial charge on any atom is -0.494 e. The molecular formula is C25H34N2O2. The summed E-state index contributed by atoms with van der Waals surface area (Å²) < 4.78 is 5.84. The first-order chi connectivity index (χ1) is 14.0. The highest BCUT2D eigenvalue weighted by Gasteiger charge is 2.13. The van der Waals surface area contributed by atoms with Crippen molar-refractivity contribution < 1.29 is 9.53 Å². The van der Waals surface area contributed by atoms with Crippen LogP contribution in [0.25, 0.3) is 0 Å². The molecule has 0 bridgehead atoms. The maximum Gasteiger partial charge on any atom is 0.258 e. The van der Waals surface area contributed by atoms with E-state index in [4.69, 9.17) is 4.74 Å². The third kappa shape index (κ3) is 7.74. The molecule has 0 heterocycles. The molecule has 0 aliphatic rings. The minimum absolute atomic E-state index is 0.0163. The largest absolute Gasteiger partial charge is 0.494 e. The molecule has 0 spiro atoms. The second-order valence-electron chi connectivity index (χ2n) is 7.54. The van der Waals surface area contributed by atoms with Crippen LogP contribution < -0.4 is 9.64 Å². The monoisotopic (exact) mass is 394 g/mol. The van der Waals surface area contributed by atoms with Gasteiger partial charge in [-0.2, -0.15) is 0 Å². The molecule has 0 saturated carbocycles. The van der Waals surface area contributed by atoms with E-state index in [0.29, 0.717) is 5.56 Å². The standard InChI is InChI=1S/C25H34N2O2/c1-5-18-26(3)19-8-6-7-9-20-29-24-16-14-23(15-17-24)27(4)25(28)22-12-10-21(2)11-13-22/h5,10-17H,1,6-9,18-20H2,2-4H3. The van der Waals surface area contributed by atoms with Crippen molar-refractivity contribution in [3.63, 3.8) is 0 Å². The molecule has 4 nitrogen and oxygen atoms in total. The third-order valence-corrected chi connectivity index (χ3v) is 4.97. The van der Waals surface area contributed by atoms with E-state index in [0.717, 1.165) is 43.1 Å². The maximum absolute atomic E-state index is 12.6. The molecule has 0 N–H and O–H groups in total. The smallest absolute Gasteiger partial charge is 0.258 e. The van der Waals surface area contributed by atoms with Gasteiger partial charge in [0.25, 0.3) is 5.91 Å². The van der Waals surface area contributed by atoms with Gasteiger partial charge in [0, 0.05) is 24.8 Å². The zero-order chi connectivity index (χ0) is 21.1. The fraction of sp³-hybridized carbons (Fsp3) is 0.400. The molecule has 156 valence electrons. The Balaban J connectivity index is 1.71. The van der Waals surface area contributed by atoms with Crippen molar-refractivity contribution in [1.82, 2.24) is 4.90 Å². The van der Waals surface area contributed by atoms with Crippen LogP contribution in [0.3, 0.4) is 0 Å². The third-order valence-electron chi connectivity index (χ3n) is 4.97. The molecule has 2 aromatic carbocycles. The summed E-state index contributed by atoms with van der Waals surface area (Å²) in [5.41, 5.74) is 2.69. The fourth-order valence-electron chi connectivity index (χ4n) is 3.11. The zero-order valence-corrected chi connectivity index (χ0v) is 18.1. The normalized spacial score (nSPS) is 10.8. The van der Waals surface area contributed by atoms with Crippen molar-refractivity contribution in [3.05, 3.63) is 72.3 Å². The summed E-state index contributed by atoms with van der Waals surface area (Å²) in [6.07, 6.45) is 6.60. The van der Waals surface area contributed by atoms with E-state index in [-0.39, 0.29) is 5.91 Å². The Labute approximate surface area is 175 Å². The number of anilines is 1. The maximum atomic E-state index is 12.6. The van der Waals surface area contributed by atoms with Gasteiger partial charge in [-0.05, 0) is 69.8 Å². The van der Waals surface area contributed by atoms with Crippen molar-refractivity contribution >= 4 is 11.6 Å². The van der Waals surface area contributed by atoms with E-state index in [2.05, 4.69) is 18.5 Å². The molecule has 2 aromatic rings. The Morgan fingerprint density at radius 3 is 2.28 bits per heavy atom. The molecule has 4 heteroatoms. The SMILES string of the molecule is C=CCN(C)CCCCCCOc1ccc(N(C)C(=O)c2ccc(C)cc2)cc1. The van der Waals surface area contributed by atoms with Crippen LogP contribution in [0.2, 0.25) is 0 Å². The quantitative estimate of drug-likeness (QED) is 0.360. The average molecular weight is 395 g/mol. The molecule has 0 radical (unpaired) electrons. The second kappa shape index (κ2) is 12.1. The molecule has 0 atom stereocenters. The Morgan fingerprint density at radius 1 is 0.966 bits per heavy atom. The number of aryl methyl sites for hydroxylation is 1. The number of benzene rings is 2. The Hall–Kier alpha value is -2.59. The summed E-state index contributed by atoms with van der Waals surface area (Å²) in [5, 5.41) is 0. The van der Waals surface area contributed by atoms with Crippen LogP contribution in [0.4, 0.5) is 5.69 Å². The van der Waals surface area contributed by atoms with E-state index in [1.165, 1.54) is 19.3 Å². The van der Waals surface area contributed by atoms with Crippen molar-refractivity contribution in [3.8, 4) is 5.75 Å². The van der Waals surface area contributed by atoms with Gasteiger partial charge in [0.15, 0.2) is 0 Å². The highest BCUT2D eigenvalue weighted by molar-refractivity contribution is 6.05. The summed E-state index contributed by atoms with van der Waals surface area (Å²) in [7, 11) is 3.92. The molecule has 0 saturated heterocycles. The zero-order valence-electron chi connectivity index (χ0n) is 18.1. The second-order valence-corrected chi connectivity index (χ2v) is 7.54. The number of likely N-dealkylation sites (N-methyl/N-ethyl adjacent to an activating group) is 1. The predicted octanol–water partition coefficient (Wildman–Crippen LogP) is 5.33. The number of rotatable bonds is 12. The number of carbonyl (C=O) groups excluding carboxylic acids is 1. The van der Waals surface area contributed by atoms with Crippen LogP contribution in [0, 0.1) is 6.92 Å². The molecule has 0 aliphatic heterocycles. The number of amides is 1. The van der Waals surface area contributed by atoms with Crippen molar-refractivity contribution in [2.45, 2.75) is 32.6 Å². The lowest BCUT2D eigenvalue weighted by Crippen LogP contribution is -2.26. The molecule has 0 aliphatic carbocycles. The van der Waals surface area contributed by atoms with Crippen LogP contribution in [-0.4, -0.2) is 44.6 Å². The van der Waals surface area contributed by atoms with Gasteiger partial charge in [-0.1, -0.05) is 36.6 Å². The van der Waals surface area contributed by atoms with E-state index in [1.54, 1.807) is 11.9 Å². The summed E-state index contributed by atoms with van der Waals surface area (Å²) in [6.45, 7) is 8.56. The van der Waals surface area contributed by atoms with Crippen molar-refractivity contribution in [2.75, 3.05) is 38.7 Å². The van der Waals surface area contributed by atoms with E-state index >= 15 is 0 Å². The summed E-state index contributed by atoms with van der Waals surface area (Å²) in [5.74, 6) is 0.827. The molecule has 2 rings (SSSR count). The van der Waals surface area contributed by atoms with Gasteiger partial charge in [0.05, 0.1) is 6.61 Å². The first kappa shape index (κ1) is 22.7. The average Bonchev–Trinajstić information content (AvgIpc) is 2.73. The number of nitrogens with zero attached hydrogens (tertiary/aromatic N) is 2. The molecule has 0 fully saturated rings. The number of ether oxygens (including phenoxy) is 1. The van der Waals surface area contributed by atoms with Gasteiger partial charge in [-0.3, -0.25) is 4.79 Å². The van der Waals surface area contributed by atoms with Crippen LogP contribution in [-0.2, 0) is 0 Å². The highest BCUT2D eigenvalue weighted by atomic mass is 16.5. The fourth-order valence-corrected chi connectivity index (χ4v) is 3.11. The van der Waals surface area contributed by atoms with E-state index < -0.39 is 0 Å². The van der Waals surface area contributed by atoms with E-state index in [9.17, 15) is 4.79 Å². The van der Waals surface area contributed by atoms with Crippen molar-refractivity contribution in [1.29, 1.82) is 0 Å². The molecule has 0 unspecified atom stereocenters. The number of unbranched alkanes of at least 4 members (excludes halogenated alkanes) is 3. The number of hydrogen-bond acceptors (Lipinski definition) is 3. The molecular weight excluding hydrogens is 360 g/mol. The summed E-state index contributed by atoms with van der Waals surface area (Å²) in [6, 6.07) is 15.4. The first-order valence-electron chi connectivity index (χ1n) is 10.4. The van der Waals surface area contributed by atoms with Gasteiger partial charge in [0.2, 0.25) is 0 Å². The Bertz CT molecular complexity index is 753. The van der Waals surface area contributed by atoms with Gasteiger partial charge < -0.3 is 14.5 Å². The van der Waals surface area contributed by atoms with Crippen molar-refractivity contribution in [2.24, 2.45) is 0 Å². The molecule has 1 amide bonds. The summed E-state index contributed by atoms with van der Waals surface area (Å²) in [4.78, 5) is 16.6. The van der Waals surface area contributed by atoms with Gasteiger partial charge in [-0.15, -0.1) is 6.58 Å². The number of hydrogen-bond donors (Lipinski definition) is 0. The Kier molecular flexibility index (Phi) is 9.45. The van der Waals surface area contributed by atoms with Crippen LogP contribution in [0.15, 0.2) is 61.2 Å². The van der Waals surface area contributed by atoms with Crippen LogP contribution in [0.1, 0.15) is 41.6 Å². The highest BCUT2D eigenvalue weighted by Crippen LogP contribution is 2.20.